The van der Waals surface area contributed by atoms with Crippen LogP contribution in [-0.2, 0) is 19.5 Å². The van der Waals surface area contributed by atoms with E-state index in [9.17, 15) is 12.8 Å². The van der Waals surface area contributed by atoms with E-state index in [1.807, 2.05) is 0 Å². The third-order valence-corrected chi connectivity index (χ3v) is 4.69. The first-order valence-corrected chi connectivity index (χ1v) is 8.51. The van der Waals surface area contributed by atoms with Crippen LogP contribution in [0.25, 0.3) is 0 Å². The van der Waals surface area contributed by atoms with E-state index < -0.39 is 15.8 Å². The fraction of sp³-hybridized carbons (Fsp3) is 0.571. The van der Waals surface area contributed by atoms with Crippen LogP contribution < -0.4 is 4.72 Å². The number of sulfonamides is 1. The van der Waals surface area contributed by atoms with Gasteiger partial charge in [0.15, 0.2) is 0 Å². The highest BCUT2D eigenvalue weighted by Gasteiger charge is 2.15. The number of nitrogens with one attached hydrogen (secondary N) is 1. The summed E-state index contributed by atoms with van der Waals surface area (Å²) in [4.78, 5) is 0.0594. The molecule has 1 unspecified atom stereocenters. The summed E-state index contributed by atoms with van der Waals surface area (Å²) in [7, 11) is -3.58. The molecule has 0 spiro atoms. The van der Waals surface area contributed by atoms with Crippen molar-refractivity contribution in [3.05, 3.63) is 30.1 Å². The van der Waals surface area contributed by atoms with Crippen molar-refractivity contribution in [1.82, 2.24) is 4.72 Å². The number of halogens is 1. The molecule has 1 saturated heterocycles. The van der Waals surface area contributed by atoms with E-state index in [2.05, 4.69) is 4.72 Å². The fourth-order valence-electron chi connectivity index (χ4n) is 2.07. The van der Waals surface area contributed by atoms with Crippen LogP contribution in [0.3, 0.4) is 0 Å². The van der Waals surface area contributed by atoms with Gasteiger partial charge in [0.1, 0.15) is 5.82 Å². The van der Waals surface area contributed by atoms with Gasteiger partial charge in [-0.15, -0.1) is 0 Å². The smallest absolute Gasteiger partial charge is 0.240 e. The van der Waals surface area contributed by atoms with Crippen LogP contribution in [0.15, 0.2) is 29.2 Å². The Kier molecular flexibility index (Phi) is 6.10. The molecule has 5 nitrogen and oxygen atoms in total. The van der Waals surface area contributed by atoms with Gasteiger partial charge >= 0.3 is 0 Å². The zero-order valence-electron chi connectivity index (χ0n) is 11.8. The summed E-state index contributed by atoms with van der Waals surface area (Å²) in [6.45, 7) is 2.12. The van der Waals surface area contributed by atoms with E-state index in [4.69, 9.17) is 9.47 Å². The molecule has 118 valence electrons. The Bertz CT molecular complexity index is 526. The van der Waals surface area contributed by atoms with E-state index in [0.29, 0.717) is 19.6 Å². The molecule has 0 saturated carbocycles. The molecular weight excluding hydrogens is 297 g/mol. The van der Waals surface area contributed by atoms with Crippen molar-refractivity contribution in [2.45, 2.75) is 30.3 Å². The van der Waals surface area contributed by atoms with Crippen LogP contribution in [-0.4, -0.2) is 40.9 Å². The predicted molar refractivity (Wildman–Crippen MR) is 76.0 cm³/mol. The zero-order valence-corrected chi connectivity index (χ0v) is 12.6. The van der Waals surface area contributed by atoms with Crippen LogP contribution >= 0.6 is 0 Å². The summed E-state index contributed by atoms with van der Waals surface area (Å²) in [5.41, 5.74) is 0. The maximum Gasteiger partial charge on any atom is 0.240 e. The molecule has 0 aliphatic carbocycles. The summed E-state index contributed by atoms with van der Waals surface area (Å²) in [5, 5.41) is 0. The second-order valence-electron chi connectivity index (χ2n) is 4.92. The highest BCUT2D eigenvalue weighted by Crippen LogP contribution is 2.12. The average Bonchev–Trinajstić information content (AvgIpc) is 2.96. The second kappa shape index (κ2) is 7.84. The lowest BCUT2D eigenvalue weighted by atomic mass is 10.2. The van der Waals surface area contributed by atoms with E-state index in [0.717, 1.165) is 31.6 Å². The number of ether oxygens (including phenoxy) is 2. The molecule has 7 heteroatoms. The van der Waals surface area contributed by atoms with Gasteiger partial charge in [-0.1, -0.05) is 0 Å². The Balaban J connectivity index is 1.64. The van der Waals surface area contributed by atoms with Crippen LogP contribution in [0, 0.1) is 5.82 Å². The quantitative estimate of drug-likeness (QED) is 0.741. The highest BCUT2D eigenvalue weighted by molar-refractivity contribution is 7.89. The normalized spacial score (nSPS) is 19.0. The molecule has 1 heterocycles. The van der Waals surface area contributed by atoms with E-state index in [1.54, 1.807) is 0 Å². The average molecular weight is 317 g/mol. The Hall–Kier alpha value is -1.02. The van der Waals surface area contributed by atoms with Crippen molar-refractivity contribution in [1.29, 1.82) is 0 Å². The maximum absolute atomic E-state index is 12.8. The number of hydrogen-bond donors (Lipinski definition) is 1. The molecule has 1 N–H and O–H groups in total. The van der Waals surface area contributed by atoms with E-state index in [1.165, 1.54) is 12.1 Å². The van der Waals surface area contributed by atoms with Crippen LogP contribution in [0.5, 0.6) is 0 Å². The molecule has 1 aromatic carbocycles. The summed E-state index contributed by atoms with van der Waals surface area (Å²) in [6.07, 6.45) is 2.86. The predicted octanol–water partition coefficient (Wildman–Crippen LogP) is 1.69. The molecule has 0 amide bonds. The van der Waals surface area contributed by atoms with Crippen molar-refractivity contribution >= 4 is 10.0 Å². The molecular formula is C14H20FNO4S. The van der Waals surface area contributed by atoms with Crippen molar-refractivity contribution < 1.29 is 22.3 Å². The van der Waals surface area contributed by atoms with Crippen LogP contribution in [0.1, 0.15) is 19.3 Å². The Morgan fingerprint density at radius 3 is 2.76 bits per heavy atom. The van der Waals surface area contributed by atoms with Gasteiger partial charge in [0.05, 0.1) is 17.6 Å². The van der Waals surface area contributed by atoms with Crippen molar-refractivity contribution in [3.63, 3.8) is 0 Å². The monoisotopic (exact) mass is 317 g/mol. The minimum Gasteiger partial charge on any atom is -0.379 e. The lowest BCUT2D eigenvalue weighted by Crippen LogP contribution is -2.26. The lowest BCUT2D eigenvalue weighted by Gasteiger charge is -2.10. The largest absolute Gasteiger partial charge is 0.379 e. The highest BCUT2D eigenvalue weighted by atomic mass is 32.2. The van der Waals surface area contributed by atoms with E-state index >= 15 is 0 Å². The van der Waals surface area contributed by atoms with Gasteiger partial charge in [0.2, 0.25) is 10.0 Å². The second-order valence-corrected chi connectivity index (χ2v) is 6.68. The van der Waals surface area contributed by atoms with Crippen molar-refractivity contribution in [2.75, 3.05) is 26.4 Å². The molecule has 1 aliphatic heterocycles. The molecule has 0 aromatic heterocycles. The molecule has 1 aliphatic rings. The first-order chi connectivity index (χ1) is 10.1. The first-order valence-electron chi connectivity index (χ1n) is 7.02. The summed E-state index contributed by atoms with van der Waals surface area (Å²) in [6, 6.07) is 4.73. The van der Waals surface area contributed by atoms with Gasteiger partial charge in [-0.3, -0.25) is 0 Å². The zero-order chi connectivity index (χ0) is 15.1. The van der Waals surface area contributed by atoms with Gasteiger partial charge in [0, 0.05) is 19.8 Å². The molecule has 21 heavy (non-hydrogen) atoms. The molecule has 0 bridgehead atoms. The SMILES string of the molecule is O=S(=O)(NCCCOCC1CCCO1)c1ccc(F)cc1. The Morgan fingerprint density at radius 2 is 2.10 bits per heavy atom. The van der Waals surface area contributed by atoms with Gasteiger partial charge < -0.3 is 9.47 Å². The van der Waals surface area contributed by atoms with E-state index in [-0.39, 0.29) is 17.5 Å². The lowest BCUT2D eigenvalue weighted by molar-refractivity contribution is 0.0169. The van der Waals surface area contributed by atoms with Crippen LogP contribution in [0.2, 0.25) is 0 Å². The Morgan fingerprint density at radius 1 is 1.33 bits per heavy atom. The molecule has 1 atom stereocenters. The fourth-order valence-corrected chi connectivity index (χ4v) is 3.14. The minimum absolute atomic E-state index is 0.0594. The summed E-state index contributed by atoms with van der Waals surface area (Å²) in [5.74, 6) is -0.462. The molecule has 1 aromatic rings. The third kappa shape index (κ3) is 5.35. The summed E-state index contributed by atoms with van der Waals surface area (Å²) >= 11 is 0. The number of benzene rings is 1. The summed E-state index contributed by atoms with van der Waals surface area (Å²) < 4.78 is 49.9. The van der Waals surface area contributed by atoms with Gasteiger partial charge in [-0.05, 0) is 43.5 Å². The number of hydrogen-bond acceptors (Lipinski definition) is 4. The number of rotatable bonds is 8. The molecule has 2 rings (SSSR count). The van der Waals surface area contributed by atoms with Crippen molar-refractivity contribution in [2.24, 2.45) is 0 Å². The van der Waals surface area contributed by atoms with Crippen molar-refractivity contribution in [3.8, 4) is 0 Å². The molecule has 1 fully saturated rings. The topological polar surface area (TPSA) is 64.6 Å². The minimum atomic E-state index is -3.58. The third-order valence-electron chi connectivity index (χ3n) is 3.21. The van der Waals surface area contributed by atoms with Gasteiger partial charge in [-0.25, -0.2) is 17.5 Å². The van der Waals surface area contributed by atoms with Crippen LogP contribution in [0.4, 0.5) is 4.39 Å². The Labute approximate surface area is 124 Å². The standard InChI is InChI=1S/C14H20FNO4S/c15-12-4-6-14(7-5-12)21(17,18)16-8-2-9-19-11-13-3-1-10-20-13/h4-7,13,16H,1-3,8-11H2. The first kappa shape index (κ1) is 16.4. The molecule has 0 radical (unpaired) electrons. The van der Waals surface area contributed by atoms with Gasteiger partial charge in [-0.2, -0.15) is 0 Å². The van der Waals surface area contributed by atoms with Gasteiger partial charge in [0.25, 0.3) is 0 Å². The maximum atomic E-state index is 12.8.